The molecular weight excluding hydrogens is 334 g/mol. The monoisotopic (exact) mass is 386 g/mol. The highest BCUT2D eigenvalue weighted by Crippen LogP contribution is 2.17. The van der Waals surface area contributed by atoms with Crippen molar-refractivity contribution in [3.8, 4) is 0 Å². The Bertz CT molecular complexity index is 294. The lowest BCUT2D eigenvalue weighted by Crippen LogP contribution is -2.49. The Morgan fingerprint density at radius 1 is 0.519 bits per heavy atom. The van der Waals surface area contributed by atoms with Crippen molar-refractivity contribution in [2.24, 2.45) is 0 Å². The first kappa shape index (κ1) is 26.9. The lowest BCUT2D eigenvalue weighted by Gasteiger charge is -2.27. The van der Waals surface area contributed by atoms with E-state index in [9.17, 15) is 10.4 Å². The summed E-state index contributed by atoms with van der Waals surface area (Å²) in [4.78, 5) is -0.770. The van der Waals surface area contributed by atoms with Crippen molar-refractivity contribution >= 4 is 0 Å². The van der Waals surface area contributed by atoms with Gasteiger partial charge in [-0.1, -0.05) is 110 Å². The van der Waals surface area contributed by atoms with Crippen LogP contribution in [0.2, 0.25) is 0 Å². The van der Waals surface area contributed by atoms with Gasteiger partial charge < -0.3 is 0 Å². The van der Waals surface area contributed by atoms with Crippen molar-refractivity contribution in [1.82, 2.24) is 0 Å². The standard InChI is InChI=1S/C24H52NO2/c1-4-6-8-10-12-14-16-18-20-22-24(3)25(26,27)23-21-19-17-15-13-11-9-7-5-2/h24,26-27H,4-23H2,1-3H3/q+1. The van der Waals surface area contributed by atoms with Crippen LogP contribution in [0, 0.1) is 0 Å². The second kappa shape index (κ2) is 19.2. The van der Waals surface area contributed by atoms with Crippen LogP contribution < -0.4 is 0 Å². The predicted octanol–water partition coefficient (Wildman–Crippen LogP) is 8.42. The minimum absolute atomic E-state index is 0.0661. The van der Waals surface area contributed by atoms with Crippen LogP contribution in [0.3, 0.4) is 0 Å². The molecule has 3 heteroatoms. The summed E-state index contributed by atoms with van der Waals surface area (Å²) in [5, 5.41) is 20.6. The number of quaternary nitrogens is 1. The van der Waals surface area contributed by atoms with Gasteiger partial charge in [-0.3, -0.25) is 0 Å². The number of hydroxylamine groups is 4. The van der Waals surface area contributed by atoms with Crippen molar-refractivity contribution in [3.05, 3.63) is 0 Å². The molecule has 0 spiro atoms. The normalized spacial score (nSPS) is 13.2. The van der Waals surface area contributed by atoms with E-state index in [2.05, 4.69) is 13.8 Å². The lowest BCUT2D eigenvalue weighted by atomic mass is 10.0. The van der Waals surface area contributed by atoms with E-state index < -0.39 is 4.81 Å². The molecular formula is C24H52NO2+. The van der Waals surface area contributed by atoms with Crippen molar-refractivity contribution in [1.29, 1.82) is 0 Å². The van der Waals surface area contributed by atoms with Gasteiger partial charge in [0.1, 0.15) is 12.6 Å². The molecule has 3 nitrogen and oxygen atoms in total. The van der Waals surface area contributed by atoms with E-state index >= 15 is 0 Å². The molecule has 0 bridgehead atoms. The van der Waals surface area contributed by atoms with Crippen LogP contribution in [0.25, 0.3) is 0 Å². The number of unbranched alkanes of at least 4 members (excludes halogenated alkanes) is 16. The summed E-state index contributed by atoms with van der Waals surface area (Å²) >= 11 is 0. The van der Waals surface area contributed by atoms with Gasteiger partial charge in [0.05, 0.1) is 0 Å². The van der Waals surface area contributed by atoms with Crippen LogP contribution in [0.1, 0.15) is 143 Å². The second-order valence-corrected chi connectivity index (χ2v) is 8.80. The smallest absolute Gasteiger partial charge is 0.149 e. The Morgan fingerprint density at radius 2 is 0.852 bits per heavy atom. The SMILES string of the molecule is CCCCCCCCCCCC(C)[N+](O)(O)CCCCCCCCCCC. The van der Waals surface area contributed by atoms with Gasteiger partial charge >= 0.3 is 0 Å². The third-order valence-corrected chi connectivity index (χ3v) is 6.02. The van der Waals surface area contributed by atoms with E-state index in [1.807, 2.05) is 6.92 Å². The van der Waals surface area contributed by atoms with E-state index in [-0.39, 0.29) is 6.04 Å². The molecule has 0 fully saturated rings. The third kappa shape index (κ3) is 17.7. The molecule has 0 radical (unpaired) electrons. The number of rotatable bonds is 21. The zero-order valence-corrected chi connectivity index (χ0v) is 19.1. The summed E-state index contributed by atoms with van der Waals surface area (Å²) < 4.78 is 0. The molecule has 164 valence electrons. The summed E-state index contributed by atoms with van der Waals surface area (Å²) in [5.74, 6) is 0. The average Bonchev–Trinajstić information content (AvgIpc) is 2.65. The van der Waals surface area contributed by atoms with Gasteiger partial charge in [0.25, 0.3) is 0 Å². The van der Waals surface area contributed by atoms with Crippen LogP contribution in [0.4, 0.5) is 0 Å². The molecule has 0 aromatic rings. The minimum Gasteiger partial charge on any atom is -0.182 e. The first-order chi connectivity index (χ1) is 13.0. The zero-order valence-electron chi connectivity index (χ0n) is 19.1. The topological polar surface area (TPSA) is 40.5 Å². The van der Waals surface area contributed by atoms with Crippen molar-refractivity contribution in [3.63, 3.8) is 0 Å². The molecule has 0 saturated carbocycles. The molecule has 1 unspecified atom stereocenters. The van der Waals surface area contributed by atoms with E-state index in [4.69, 9.17) is 0 Å². The van der Waals surface area contributed by atoms with E-state index in [0.29, 0.717) is 6.54 Å². The molecule has 0 aromatic heterocycles. The van der Waals surface area contributed by atoms with Crippen LogP contribution in [0.5, 0.6) is 0 Å². The third-order valence-electron chi connectivity index (χ3n) is 6.02. The molecule has 1 atom stereocenters. The van der Waals surface area contributed by atoms with Crippen LogP contribution >= 0.6 is 0 Å². The molecule has 0 rings (SSSR count). The second-order valence-electron chi connectivity index (χ2n) is 8.80. The quantitative estimate of drug-likeness (QED) is 0.118. The first-order valence-electron chi connectivity index (χ1n) is 12.4. The van der Waals surface area contributed by atoms with Crippen LogP contribution in [-0.2, 0) is 0 Å². The molecule has 0 aromatic carbocycles. The molecule has 0 aliphatic rings. The molecule has 0 saturated heterocycles. The average molecular weight is 387 g/mol. The largest absolute Gasteiger partial charge is 0.182 e. The van der Waals surface area contributed by atoms with E-state index in [1.165, 1.54) is 96.3 Å². The number of nitrogens with zero attached hydrogens (tertiary/aromatic N) is 1. The molecule has 27 heavy (non-hydrogen) atoms. The Kier molecular flexibility index (Phi) is 19.1. The number of hydrogen-bond donors (Lipinski definition) is 2. The van der Waals surface area contributed by atoms with E-state index in [0.717, 1.165) is 25.7 Å². The maximum absolute atomic E-state index is 10.3. The maximum Gasteiger partial charge on any atom is 0.149 e. The van der Waals surface area contributed by atoms with Gasteiger partial charge in [-0.2, -0.15) is 10.4 Å². The summed E-state index contributed by atoms with van der Waals surface area (Å²) in [6, 6.07) is -0.0661. The summed E-state index contributed by atoms with van der Waals surface area (Å²) in [5.41, 5.74) is 0. The van der Waals surface area contributed by atoms with Crippen LogP contribution in [0.15, 0.2) is 0 Å². The van der Waals surface area contributed by atoms with Crippen molar-refractivity contribution in [2.45, 2.75) is 149 Å². The molecule has 2 N–H and O–H groups in total. The minimum atomic E-state index is -0.770. The molecule has 0 aliphatic carbocycles. The fourth-order valence-corrected chi connectivity index (χ4v) is 3.83. The zero-order chi connectivity index (χ0) is 20.2. The fourth-order valence-electron chi connectivity index (χ4n) is 3.83. The Balaban J connectivity index is 3.51. The van der Waals surface area contributed by atoms with Crippen LogP contribution in [-0.4, -0.2) is 27.8 Å². The maximum atomic E-state index is 10.3. The van der Waals surface area contributed by atoms with Gasteiger partial charge in [-0.15, -0.1) is 0 Å². The van der Waals surface area contributed by atoms with Gasteiger partial charge in [0.15, 0.2) is 0 Å². The van der Waals surface area contributed by atoms with Crippen molar-refractivity contribution < 1.29 is 15.2 Å². The van der Waals surface area contributed by atoms with Gasteiger partial charge in [-0.05, 0) is 24.6 Å². The van der Waals surface area contributed by atoms with Gasteiger partial charge in [-0.25, -0.2) is 0 Å². The molecule has 0 heterocycles. The van der Waals surface area contributed by atoms with E-state index in [1.54, 1.807) is 0 Å². The number of hydrogen-bond acceptors (Lipinski definition) is 2. The summed E-state index contributed by atoms with van der Waals surface area (Å²) in [6.07, 6.45) is 24.1. The Morgan fingerprint density at radius 3 is 1.26 bits per heavy atom. The highest BCUT2D eigenvalue weighted by atomic mass is 16.8. The Hall–Kier alpha value is -0.120. The lowest BCUT2D eigenvalue weighted by molar-refractivity contribution is -1.26. The predicted molar refractivity (Wildman–Crippen MR) is 117 cm³/mol. The highest BCUT2D eigenvalue weighted by molar-refractivity contribution is 4.53. The highest BCUT2D eigenvalue weighted by Gasteiger charge is 2.30. The summed E-state index contributed by atoms with van der Waals surface area (Å²) in [6.45, 7) is 6.98. The Labute approximate surface area is 171 Å². The molecule has 0 aliphatic heterocycles. The van der Waals surface area contributed by atoms with Crippen molar-refractivity contribution in [2.75, 3.05) is 6.54 Å². The molecule has 0 amide bonds. The summed E-state index contributed by atoms with van der Waals surface area (Å²) in [7, 11) is 0. The van der Waals surface area contributed by atoms with Gasteiger partial charge in [0.2, 0.25) is 0 Å². The van der Waals surface area contributed by atoms with Gasteiger partial charge in [0, 0.05) is 12.8 Å². The fraction of sp³-hybridized carbons (Fsp3) is 1.00. The first-order valence-corrected chi connectivity index (χ1v) is 12.4.